The first kappa shape index (κ1) is 11.3. The summed E-state index contributed by atoms with van der Waals surface area (Å²) in [5, 5.41) is 0. The van der Waals surface area contributed by atoms with Crippen LogP contribution in [0.25, 0.3) is 0 Å². The Morgan fingerprint density at radius 3 is 3.00 bits per heavy atom. The molecule has 0 N–H and O–H groups in total. The lowest BCUT2D eigenvalue weighted by Crippen LogP contribution is -2.13. The summed E-state index contributed by atoms with van der Waals surface area (Å²) in [6.45, 7) is 0.308. The molecule has 1 aliphatic heterocycles. The molecule has 2 rings (SSSR count). The average Bonchev–Trinajstić information content (AvgIpc) is 2.67. The van der Waals surface area contributed by atoms with Gasteiger partial charge in [-0.3, -0.25) is 0 Å². The zero-order valence-electron chi connectivity index (χ0n) is 8.73. The van der Waals surface area contributed by atoms with E-state index < -0.39 is 6.16 Å². The molecular weight excluding hydrogens is 276 g/mol. The van der Waals surface area contributed by atoms with Crippen molar-refractivity contribution in [2.45, 2.75) is 12.5 Å². The van der Waals surface area contributed by atoms with E-state index in [1.807, 2.05) is 18.2 Å². The SMILES string of the molecule is COc1ccc(Br)c(CC2COC(=O)O2)c1. The van der Waals surface area contributed by atoms with Crippen LogP contribution in [0, 0.1) is 0 Å². The fraction of sp³-hybridized carbons (Fsp3) is 0.364. The Bertz CT molecular complexity index is 405. The summed E-state index contributed by atoms with van der Waals surface area (Å²) in [6.07, 6.45) is -0.191. The Balaban J connectivity index is 2.11. The van der Waals surface area contributed by atoms with Crippen LogP contribution in [-0.2, 0) is 15.9 Å². The molecule has 0 aromatic heterocycles. The summed E-state index contributed by atoms with van der Waals surface area (Å²) in [6, 6.07) is 5.69. The van der Waals surface area contributed by atoms with E-state index in [4.69, 9.17) is 14.2 Å². The number of halogens is 1. The topological polar surface area (TPSA) is 44.8 Å². The minimum Gasteiger partial charge on any atom is -0.497 e. The third-order valence-corrected chi connectivity index (χ3v) is 3.12. The first-order valence-corrected chi connectivity index (χ1v) is 5.64. The van der Waals surface area contributed by atoms with Gasteiger partial charge in [0, 0.05) is 10.9 Å². The van der Waals surface area contributed by atoms with E-state index >= 15 is 0 Å². The molecule has 1 aliphatic rings. The van der Waals surface area contributed by atoms with Crippen LogP contribution in [0.15, 0.2) is 22.7 Å². The Labute approximate surface area is 102 Å². The van der Waals surface area contributed by atoms with Crippen LogP contribution in [-0.4, -0.2) is 26.0 Å². The van der Waals surface area contributed by atoms with Gasteiger partial charge in [-0.2, -0.15) is 0 Å². The molecule has 0 spiro atoms. The predicted octanol–water partition coefficient (Wildman–Crippen LogP) is 2.54. The number of cyclic esters (lactones) is 2. The van der Waals surface area contributed by atoms with Crippen molar-refractivity contribution in [2.24, 2.45) is 0 Å². The van der Waals surface area contributed by atoms with Gasteiger partial charge in [0.2, 0.25) is 0 Å². The quantitative estimate of drug-likeness (QED) is 0.801. The van der Waals surface area contributed by atoms with Crippen LogP contribution in [0.3, 0.4) is 0 Å². The number of rotatable bonds is 3. The molecule has 0 radical (unpaired) electrons. The highest BCUT2D eigenvalue weighted by Crippen LogP contribution is 2.25. The van der Waals surface area contributed by atoms with Crippen LogP contribution >= 0.6 is 15.9 Å². The van der Waals surface area contributed by atoms with Gasteiger partial charge >= 0.3 is 6.16 Å². The second kappa shape index (κ2) is 4.74. The molecule has 0 saturated carbocycles. The largest absolute Gasteiger partial charge is 0.508 e. The number of carbonyl (C=O) groups excluding carboxylic acids is 1. The van der Waals surface area contributed by atoms with Crippen molar-refractivity contribution in [1.29, 1.82) is 0 Å². The van der Waals surface area contributed by atoms with Gasteiger partial charge in [0.1, 0.15) is 18.5 Å². The molecule has 0 amide bonds. The predicted molar refractivity (Wildman–Crippen MR) is 60.6 cm³/mol. The second-order valence-corrected chi connectivity index (χ2v) is 4.32. The van der Waals surface area contributed by atoms with Crippen LogP contribution in [0.1, 0.15) is 5.56 Å². The summed E-state index contributed by atoms with van der Waals surface area (Å²) < 4.78 is 15.8. The minimum absolute atomic E-state index is 0.212. The van der Waals surface area contributed by atoms with Crippen LogP contribution < -0.4 is 4.74 Å². The maximum Gasteiger partial charge on any atom is 0.508 e. The van der Waals surface area contributed by atoms with Gasteiger partial charge in [-0.05, 0) is 23.8 Å². The molecule has 0 aliphatic carbocycles. The molecule has 1 aromatic rings. The lowest BCUT2D eigenvalue weighted by Gasteiger charge is -2.09. The Morgan fingerprint density at radius 2 is 2.38 bits per heavy atom. The normalized spacial score (nSPS) is 19.1. The lowest BCUT2D eigenvalue weighted by molar-refractivity contribution is 0.118. The molecule has 0 bridgehead atoms. The minimum atomic E-state index is -0.594. The molecule has 5 heteroatoms. The summed E-state index contributed by atoms with van der Waals surface area (Å²) in [7, 11) is 1.62. The number of hydrogen-bond donors (Lipinski definition) is 0. The fourth-order valence-corrected chi connectivity index (χ4v) is 1.95. The van der Waals surface area contributed by atoms with Crippen molar-refractivity contribution in [2.75, 3.05) is 13.7 Å². The molecule has 4 nitrogen and oxygen atoms in total. The van der Waals surface area contributed by atoms with Gasteiger partial charge < -0.3 is 14.2 Å². The lowest BCUT2D eigenvalue weighted by atomic mass is 10.1. The van der Waals surface area contributed by atoms with Crippen LogP contribution in [0.4, 0.5) is 4.79 Å². The van der Waals surface area contributed by atoms with Gasteiger partial charge in [-0.15, -0.1) is 0 Å². The second-order valence-electron chi connectivity index (χ2n) is 3.46. The Kier molecular flexibility index (Phi) is 3.33. The van der Waals surface area contributed by atoms with Gasteiger partial charge in [0.25, 0.3) is 0 Å². The zero-order valence-corrected chi connectivity index (χ0v) is 10.3. The Morgan fingerprint density at radius 1 is 1.56 bits per heavy atom. The molecule has 1 saturated heterocycles. The van der Waals surface area contributed by atoms with Crippen molar-refractivity contribution in [3.63, 3.8) is 0 Å². The maximum atomic E-state index is 10.8. The van der Waals surface area contributed by atoms with E-state index in [1.165, 1.54) is 0 Å². The number of hydrogen-bond acceptors (Lipinski definition) is 4. The highest BCUT2D eigenvalue weighted by atomic mass is 79.9. The average molecular weight is 287 g/mol. The van der Waals surface area contributed by atoms with Gasteiger partial charge in [-0.25, -0.2) is 4.79 Å². The van der Waals surface area contributed by atoms with Crippen molar-refractivity contribution in [3.05, 3.63) is 28.2 Å². The third-order valence-electron chi connectivity index (χ3n) is 2.35. The Hall–Kier alpha value is -1.23. The van der Waals surface area contributed by atoms with Gasteiger partial charge in [-0.1, -0.05) is 15.9 Å². The van der Waals surface area contributed by atoms with Gasteiger partial charge in [0.05, 0.1) is 7.11 Å². The van der Waals surface area contributed by atoms with E-state index in [2.05, 4.69) is 15.9 Å². The standard InChI is InChI=1S/C11H11BrO4/c1-14-8-2-3-10(12)7(4-8)5-9-6-15-11(13)16-9/h2-4,9H,5-6H2,1H3. The van der Waals surface area contributed by atoms with E-state index in [0.29, 0.717) is 13.0 Å². The molecular formula is C11H11BrO4. The van der Waals surface area contributed by atoms with E-state index in [0.717, 1.165) is 15.8 Å². The monoisotopic (exact) mass is 286 g/mol. The van der Waals surface area contributed by atoms with Crippen LogP contribution in [0.2, 0.25) is 0 Å². The summed E-state index contributed by atoms with van der Waals surface area (Å²) in [5.41, 5.74) is 1.03. The smallest absolute Gasteiger partial charge is 0.497 e. The van der Waals surface area contributed by atoms with Crippen molar-refractivity contribution in [3.8, 4) is 5.75 Å². The number of benzene rings is 1. The number of methoxy groups -OCH3 is 1. The number of carbonyl (C=O) groups is 1. The van der Waals surface area contributed by atoms with Crippen molar-refractivity contribution >= 4 is 22.1 Å². The highest BCUT2D eigenvalue weighted by molar-refractivity contribution is 9.10. The fourth-order valence-electron chi connectivity index (χ4n) is 1.55. The molecule has 1 aromatic carbocycles. The van der Waals surface area contributed by atoms with Crippen LogP contribution in [0.5, 0.6) is 5.75 Å². The maximum absolute atomic E-state index is 10.8. The van der Waals surface area contributed by atoms with Gasteiger partial charge in [0.15, 0.2) is 0 Å². The van der Waals surface area contributed by atoms with E-state index in [1.54, 1.807) is 7.11 Å². The summed E-state index contributed by atoms with van der Waals surface area (Å²) >= 11 is 3.45. The van der Waals surface area contributed by atoms with Crippen molar-refractivity contribution in [1.82, 2.24) is 0 Å². The first-order valence-electron chi connectivity index (χ1n) is 4.85. The molecule has 1 heterocycles. The molecule has 86 valence electrons. The van der Waals surface area contributed by atoms with Crippen molar-refractivity contribution < 1.29 is 19.0 Å². The third kappa shape index (κ3) is 2.47. The molecule has 1 unspecified atom stereocenters. The zero-order chi connectivity index (χ0) is 11.5. The van der Waals surface area contributed by atoms with E-state index in [-0.39, 0.29) is 6.10 Å². The highest BCUT2D eigenvalue weighted by Gasteiger charge is 2.25. The summed E-state index contributed by atoms with van der Waals surface area (Å²) in [5.74, 6) is 0.781. The molecule has 16 heavy (non-hydrogen) atoms. The first-order chi connectivity index (χ1) is 7.69. The number of ether oxygens (including phenoxy) is 3. The summed E-state index contributed by atoms with van der Waals surface area (Å²) in [4.78, 5) is 10.8. The molecule has 1 atom stereocenters. The van der Waals surface area contributed by atoms with E-state index in [9.17, 15) is 4.79 Å². The molecule has 1 fully saturated rings.